The van der Waals surface area contributed by atoms with E-state index in [1.165, 1.54) is 96.3 Å². The molecular formula is C39H78N2O6P+. The molecule has 9 heteroatoms. The van der Waals surface area contributed by atoms with Crippen molar-refractivity contribution in [1.29, 1.82) is 0 Å². The van der Waals surface area contributed by atoms with Crippen LogP contribution in [0, 0.1) is 0 Å². The second-order valence-corrected chi connectivity index (χ2v) is 16.1. The fourth-order valence-corrected chi connectivity index (χ4v) is 6.18. The van der Waals surface area contributed by atoms with Crippen LogP contribution >= 0.6 is 7.82 Å². The number of hydrogen-bond donors (Lipinski definition) is 3. The number of carbonyl (C=O) groups excluding carboxylic acids is 1. The van der Waals surface area contributed by atoms with Crippen LogP contribution in [0.25, 0.3) is 0 Å². The average molecular weight is 702 g/mol. The lowest BCUT2D eigenvalue weighted by molar-refractivity contribution is -0.870. The van der Waals surface area contributed by atoms with E-state index >= 15 is 0 Å². The van der Waals surface area contributed by atoms with Gasteiger partial charge in [0.15, 0.2) is 0 Å². The van der Waals surface area contributed by atoms with Crippen LogP contribution in [0.5, 0.6) is 0 Å². The van der Waals surface area contributed by atoms with Gasteiger partial charge in [0.2, 0.25) is 5.91 Å². The zero-order valence-corrected chi connectivity index (χ0v) is 32.9. The number of aliphatic hydroxyl groups excluding tert-OH is 1. The van der Waals surface area contributed by atoms with Crippen LogP contribution in [0.2, 0.25) is 0 Å². The van der Waals surface area contributed by atoms with Crippen molar-refractivity contribution in [3.63, 3.8) is 0 Å². The number of phosphoric acid groups is 1. The molecule has 0 aromatic heterocycles. The predicted octanol–water partition coefficient (Wildman–Crippen LogP) is 10.2. The molecule has 0 spiro atoms. The van der Waals surface area contributed by atoms with E-state index in [4.69, 9.17) is 9.05 Å². The molecule has 48 heavy (non-hydrogen) atoms. The molecule has 0 saturated heterocycles. The van der Waals surface area contributed by atoms with E-state index in [9.17, 15) is 19.4 Å². The smallest absolute Gasteiger partial charge is 0.387 e. The molecule has 284 valence electrons. The number of allylic oxidation sites excluding steroid dienone is 3. The summed E-state index contributed by atoms with van der Waals surface area (Å²) in [6.07, 6.45) is 35.2. The monoisotopic (exact) mass is 702 g/mol. The minimum atomic E-state index is -4.33. The fraction of sp³-hybridized carbons (Fsp3) is 0.872. The molecule has 8 nitrogen and oxygen atoms in total. The second-order valence-electron chi connectivity index (χ2n) is 14.7. The van der Waals surface area contributed by atoms with Crippen LogP contribution in [0.1, 0.15) is 168 Å². The van der Waals surface area contributed by atoms with Gasteiger partial charge in [0, 0.05) is 6.42 Å². The normalized spacial score (nSPS) is 14.9. The summed E-state index contributed by atoms with van der Waals surface area (Å²) >= 11 is 0. The number of quaternary nitrogens is 1. The van der Waals surface area contributed by atoms with Crippen molar-refractivity contribution in [2.75, 3.05) is 40.9 Å². The van der Waals surface area contributed by atoms with E-state index in [0.29, 0.717) is 17.4 Å². The standard InChI is InChI=1S/C39H77N2O6P/c1-6-8-10-12-14-16-18-20-21-22-24-26-28-30-32-38(42)37(36-47-48(44,45)46-35-34-41(3,4)5)40-39(43)33-31-29-27-25-23-19-17-15-13-11-9-7-2/h15,17,30,32,37-38,42H,6-14,16,18-29,31,33-36H2,1-5H3,(H-,40,43,44,45)/p+1/b17-15-,32-30+. The van der Waals surface area contributed by atoms with Gasteiger partial charge in [-0.05, 0) is 44.9 Å². The topological polar surface area (TPSA) is 105 Å². The fourth-order valence-electron chi connectivity index (χ4n) is 5.45. The Morgan fingerprint density at radius 1 is 0.688 bits per heavy atom. The number of phosphoric ester groups is 1. The van der Waals surface area contributed by atoms with Gasteiger partial charge >= 0.3 is 7.82 Å². The van der Waals surface area contributed by atoms with Crippen molar-refractivity contribution < 1.29 is 32.9 Å². The molecule has 3 N–H and O–H groups in total. The van der Waals surface area contributed by atoms with Crippen LogP contribution in [0.3, 0.4) is 0 Å². The minimum Gasteiger partial charge on any atom is -0.387 e. The van der Waals surface area contributed by atoms with Gasteiger partial charge in [-0.2, -0.15) is 0 Å². The third-order valence-corrected chi connectivity index (χ3v) is 9.65. The molecule has 0 heterocycles. The van der Waals surface area contributed by atoms with Crippen molar-refractivity contribution in [2.24, 2.45) is 0 Å². The Labute approximate surface area is 296 Å². The molecule has 0 rings (SSSR count). The van der Waals surface area contributed by atoms with E-state index in [1.807, 2.05) is 27.2 Å². The molecule has 0 saturated carbocycles. The molecule has 3 unspecified atom stereocenters. The predicted molar refractivity (Wildman–Crippen MR) is 203 cm³/mol. The first-order valence-corrected chi connectivity index (χ1v) is 21.2. The third-order valence-electron chi connectivity index (χ3n) is 8.67. The number of carbonyl (C=O) groups is 1. The second kappa shape index (κ2) is 31.9. The van der Waals surface area contributed by atoms with Gasteiger partial charge in [-0.1, -0.05) is 141 Å². The number of rotatable bonds is 35. The van der Waals surface area contributed by atoms with Crippen molar-refractivity contribution >= 4 is 13.7 Å². The van der Waals surface area contributed by atoms with E-state index in [1.54, 1.807) is 6.08 Å². The van der Waals surface area contributed by atoms with Gasteiger partial charge in [0.25, 0.3) is 0 Å². The third kappa shape index (κ3) is 33.5. The highest BCUT2D eigenvalue weighted by Crippen LogP contribution is 2.43. The SMILES string of the molecule is CCCCC/C=C\CCCCCCCC(=O)NC(COP(=O)(O)OCC[N+](C)(C)C)C(O)/C=C/CCCCCCCCCCCCCC. The summed E-state index contributed by atoms with van der Waals surface area (Å²) in [4.78, 5) is 23.0. The van der Waals surface area contributed by atoms with Gasteiger partial charge in [-0.3, -0.25) is 13.8 Å². The van der Waals surface area contributed by atoms with Crippen molar-refractivity contribution in [3.8, 4) is 0 Å². The van der Waals surface area contributed by atoms with E-state index in [-0.39, 0.29) is 19.1 Å². The molecule has 0 aliphatic carbocycles. The number of aliphatic hydroxyl groups is 1. The Morgan fingerprint density at radius 2 is 1.12 bits per heavy atom. The van der Waals surface area contributed by atoms with Crippen LogP contribution in [-0.2, 0) is 18.4 Å². The molecule has 0 fully saturated rings. The number of nitrogens with one attached hydrogen (secondary N) is 1. The highest BCUT2D eigenvalue weighted by atomic mass is 31.2. The molecule has 0 aliphatic rings. The maximum absolute atomic E-state index is 12.8. The molecule has 0 radical (unpaired) electrons. The molecule has 0 aromatic rings. The summed E-state index contributed by atoms with van der Waals surface area (Å²) in [5.41, 5.74) is 0. The van der Waals surface area contributed by atoms with Crippen LogP contribution in [-0.4, -0.2) is 73.4 Å². The van der Waals surface area contributed by atoms with Crippen LogP contribution < -0.4 is 5.32 Å². The van der Waals surface area contributed by atoms with Crippen molar-refractivity contribution in [3.05, 3.63) is 24.3 Å². The molecule has 0 aliphatic heterocycles. The molecule has 0 bridgehead atoms. The summed E-state index contributed by atoms with van der Waals surface area (Å²) in [5.74, 6) is -0.189. The lowest BCUT2D eigenvalue weighted by Gasteiger charge is -2.25. The van der Waals surface area contributed by atoms with Gasteiger partial charge in [0.1, 0.15) is 13.2 Å². The zero-order valence-electron chi connectivity index (χ0n) is 32.0. The summed E-state index contributed by atoms with van der Waals surface area (Å²) in [7, 11) is 1.56. The largest absolute Gasteiger partial charge is 0.472 e. The number of unbranched alkanes of at least 4 members (excludes halogenated alkanes) is 20. The first kappa shape index (κ1) is 47.0. The Hall–Kier alpha value is -1.02. The van der Waals surface area contributed by atoms with Gasteiger partial charge in [0.05, 0.1) is 39.9 Å². The highest BCUT2D eigenvalue weighted by Gasteiger charge is 2.27. The maximum atomic E-state index is 12.8. The Kier molecular flexibility index (Phi) is 31.2. The first-order valence-electron chi connectivity index (χ1n) is 19.7. The quantitative estimate of drug-likeness (QED) is 0.0263. The van der Waals surface area contributed by atoms with Gasteiger partial charge in [-0.15, -0.1) is 0 Å². The number of likely N-dealkylation sites (N-methyl/N-ethyl adjacent to an activating group) is 1. The number of nitrogens with zero attached hydrogens (tertiary/aromatic N) is 1. The lowest BCUT2D eigenvalue weighted by Crippen LogP contribution is -2.45. The van der Waals surface area contributed by atoms with Crippen molar-refractivity contribution in [1.82, 2.24) is 5.32 Å². The molecule has 3 atom stereocenters. The van der Waals surface area contributed by atoms with Crippen LogP contribution in [0.15, 0.2) is 24.3 Å². The summed E-state index contributed by atoms with van der Waals surface area (Å²) < 4.78 is 23.4. The van der Waals surface area contributed by atoms with E-state index in [2.05, 4.69) is 31.3 Å². The Balaban J connectivity index is 4.54. The van der Waals surface area contributed by atoms with Gasteiger partial charge in [-0.25, -0.2) is 4.57 Å². The Morgan fingerprint density at radius 3 is 1.65 bits per heavy atom. The summed E-state index contributed by atoms with van der Waals surface area (Å²) in [6.45, 7) is 4.76. The molecule has 1 amide bonds. The molecular weight excluding hydrogens is 623 g/mol. The maximum Gasteiger partial charge on any atom is 0.472 e. The molecule has 0 aromatic carbocycles. The minimum absolute atomic E-state index is 0.0606. The Bertz CT molecular complexity index is 845. The van der Waals surface area contributed by atoms with E-state index < -0.39 is 20.0 Å². The summed E-state index contributed by atoms with van der Waals surface area (Å²) in [6, 6.07) is -0.845. The van der Waals surface area contributed by atoms with Crippen LogP contribution in [0.4, 0.5) is 0 Å². The highest BCUT2D eigenvalue weighted by molar-refractivity contribution is 7.47. The zero-order chi connectivity index (χ0) is 35.8. The van der Waals surface area contributed by atoms with E-state index in [0.717, 1.165) is 51.4 Å². The van der Waals surface area contributed by atoms with Crippen molar-refractivity contribution in [2.45, 2.75) is 180 Å². The average Bonchev–Trinajstić information content (AvgIpc) is 3.02. The first-order chi connectivity index (χ1) is 23.0. The lowest BCUT2D eigenvalue weighted by atomic mass is 10.0. The van der Waals surface area contributed by atoms with Gasteiger partial charge < -0.3 is 19.8 Å². The number of hydrogen-bond acceptors (Lipinski definition) is 5. The number of amides is 1. The summed E-state index contributed by atoms with van der Waals surface area (Å²) in [5, 5.41) is 13.7.